The van der Waals surface area contributed by atoms with E-state index in [9.17, 15) is 4.79 Å². The van der Waals surface area contributed by atoms with Crippen molar-refractivity contribution in [2.24, 2.45) is 0 Å². The number of hydrogen-bond acceptors (Lipinski definition) is 4. The van der Waals surface area contributed by atoms with Crippen LogP contribution in [0, 0.1) is 0 Å². The van der Waals surface area contributed by atoms with Gasteiger partial charge in [0.15, 0.2) is 17.6 Å². The summed E-state index contributed by atoms with van der Waals surface area (Å²) in [7, 11) is 0. The highest BCUT2D eigenvalue weighted by molar-refractivity contribution is 5.95. The quantitative estimate of drug-likeness (QED) is 0.931. The third kappa shape index (κ3) is 3.14. The molecule has 2 aliphatic heterocycles. The van der Waals surface area contributed by atoms with E-state index in [4.69, 9.17) is 9.47 Å². The number of ether oxygens (including phenoxy) is 2. The number of carbonyl (C=O) groups is 1. The van der Waals surface area contributed by atoms with Gasteiger partial charge >= 0.3 is 0 Å². The first-order chi connectivity index (χ1) is 12.2. The predicted molar refractivity (Wildman–Crippen MR) is 96.6 cm³/mol. The standard InChI is InChI=1S/C20H22N2O3/c1-2-22(12-16-13-24-18-5-3-4-6-19(18)25-16)20(23)15-7-8-17-14(11-15)9-10-21-17/h3-8,11,16,21H,2,9-10,12-13H2,1H3. The minimum atomic E-state index is -0.158. The summed E-state index contributed by atoms with van der Waals surface area (Å²) in [5.41, 5.74) is 3.09. The molecular formula is C20H22N2O3. The van der Waals surface area contributed by atoms with Crippen molar-refractivity contribution in [1.29, 1.82) is 0 Å². The lowest BCUT2D eigenvalue weighted by Gasteiger charge is -2.31. The summed E-state index contributed by atoms with van der Waals surface area (Å²) in [5, 5.41) is 3.32. The zero-order valence-corrected chi connectivity index (χ0v) is 14.3. The normalized spacial score (nSPS) is 17.6. The van der Waals surface area contributed by atoms with E-state index in [0.29, 0.717) is 19.7 Å². The van der Waals surface area contributed by atoms with Crippen LogP contribution < -0.4 is 14.8 Å². The minimum Gasteiger partial charge on any atom is -0.486 e. The van der Waals surface area contributed by atoms with Gasteiger partial charge in [-0.15, -0.1) is 0 Å². The molecule has 1 unspecified atom stereocenters. The van der Waals surface area contributed by atoms with E-state index in [1.54, 1.807) is 0 Å². The first-order valence-corrected chi connectivity index (χ1v) is 8.79. The lowest BCUT2D eigenvalue weighted by Crippen LogP contribution is -2.43. The number of likely N-dealkylation sites (N-methyl/N-ethyl adjacent to an activating group) is 1. The summed E-state index contributed by atoms with van der Waals surface area (Å²) in [4.78, 5) is 14.7. The molecular weight excluding hydrogens is 316 g/mol. The molecule has 1 N–H and O–H groups in total. The second-order valence-electron chi connectivity index (χ2n) is 6.39. The highest BCUT2D eigenvalue weighted by Gasteiger charge is 2.25. The lowest BCUT2D eigenvalue weighted by atomic mass is 10.1. The van der Waals surface area contributed by atoms with Crippen molar-refractivity contribution in [3.8, 4) is 11.5 Å². The topological polar surface area (TPSA) is 50.8 Å². The summed E-state index contributed by atoms with van der Waals surface area (Å²) >= 11 is 0. The maximum absolute atomic E-state index is 12.9. The Morgan fingerprint density at radius 3 is 2.92 bits per heavy atom. The predicted octanol–water partition coefficient (Wildman–Crippen LogP) is 2.96. The first-order valence-electron chi connectivity index (χ1n) is 8.79. The van der Waals surface area contributed by atoms with Gasteiger partial charge in [0.1, 0.15) is 6.61 Å². The number of anilines is 1. The van der Waals surface area contributed by atoms with Crippen LogP contribution in [0.25, 0.3) is 0 Å². The molecule has 2 aromatic carbocycles. The fraction of sp³-hybridized carbons (Fsp3) is 0.350. The molecule has 25 heavy (non-hydrogen) atoms. The molecule has 0 saturated heterocycles. The Labute approximate surface area is 147 Å². The molecule has 2 heterocycles. The number of nitrogens with zero attached hydrogens (tertiary/aromatic N) is 1. The number of benzene rings is 2. The Balaban J connectivity index is 1.46. The summed E-state index contributed by atoms with van der Waals surface area (Å²) in [5.74, 6) is 1.55. The largest absolute Gasteiger partial charge is 0.486 e. The van der Waals surface area contributed by atoms with Crippen LogP contribution in [0.1, 0.15) is 22.8 Å². The van der Waals surface area contributed by atoms with Gasteiger partial charge in [-0.25, -0.2) is 0 Å². The van der Waals surface area contributed by atoms with E-state index in [2.05, 4.69) is 5.32 Å². The number of carbonyl (C=O) groups excluding carboxylic acids is 1. The van der Waals surface area contributed by atoms with Crippen LogP contribution in [0.4, 0.5) is 5.69 Å². The molecule has 2 aromatic rings. The van der Waals surface area contributed by atoms with Crippen molar-refractivity contribution in [3.05, 3.63) is 53.6 Å². The monoisotopic (exact) mass is 338 g/mol. The van der Waals surface area contributed by atoms with E-state index in [-0.39, 0.29) is 12.0 Å². The van der Waals surface area contributed by atoms with E-state index >= 15 is 0 Å². The molecule has 0 saturated carbocycles. The maximum atomic E-state index is 12.9. The summed E-state index contributed by atoms with van der Waals surface area (Å²) < 4.78 is 11.8. The van der Waals surface area contributed by atoms with E-state index in [1.807, 2.05) is 54.3 Å². The molecule has 130 valence electrons. The molecule has 1 amide bonds. The molecule has 0 fully saturated rings. The second kappa shape index (κ2) is 6.67. The summed E-state index contributed by atoms with van der Waals surface area (Å²) in [6, 6.07) is 13.5. The Kier molecular flexibility index (Phi) is 4.22. The second-order valence-corrected chi connectivity index (χ2v) is 6.39. The minimum absolute atomic E-state index is 0.0414. The molecule has 0 bridgehead atoms. The average Bonchev–Trinajstić information content (AvgIpc) is 3.13. The van der Waals surface area contributed by atoms with Crippen molar-refractivity contribution in [3.63, 3.8) is 0 Å². The molecule has 0 aliphatic carbocycles. The number of hydrogen-bond donors (Lipinski definition) is 1. The van der Waals surface area contributed by atoms with Crippen LogP contribution in [0.2, 0.25) is 0 Å². The van der Waals surface area contributed by atoms with Gasteiger partial charge in [-0.05, 0) is 49.2 Å². The van der Waals surface area contributed by atoms with Crippen LogP contribution in [0.5, 0.6) is 11.5 Å². The Morgan fingerprint density at radius 1 is 1.24 bits per heavy atom. The Hall–Kier alpha value is -2.69. The number of nitrogens with one attached hydrogen (secondary N) is 1. The van der Waals surface area contributed by atoms with Crippen LogP contribution >= 0.6 is 0 Å². The van der Waals surface area contributed by atoms with Crippen LogP contribution in [-0.4, -0.2) is 43.2 Å². The van der Waals surface area contributed by atoms with Crippen LogP contribution in [0.15, 0.2) is 42.5 Å². The zero-order valence-electron chi connectivity index (χ0n) is 14.3. The van der Waals surface area contributed by atoms with Crippen LogP contribution in [0.3, 0.4) is 0 Å². The Bertz CT molecular complexity index is 790. The molecule has 0 aromatic heterocycles. The van der Waals surface area contributed by atoms with Crippen molar-refractivity contribution in [1.82, 2.24) is 4.90 Å². The van der Waals surface area contributed by atoms with Gasteiger partial charge in [0, 0.05) is 24.3 Å². The van der Waals surface area contributed by atoms with Crippen molar-refractivity contribution >= 4 is 11.6 Å². The third-order valence-corrected chi connectivity index (χ3v) is 4.72. The molecule has 5 heteroatoms. The lowest BCUT2D eigenvalue weighted by molar-refractivity contribution is 0.0475. The highest BCUT2D eigenvalue weighted by Crippen LogP contribution is 2.31. The third-order valence-electron chi connectivity index (χ3n) is 4.72. The number of fused-ring (bicyclic) bond motifs is 2. The van der Waals surface area contributed by atoms with E-state index < -0.39 is 0 Å². The van der Waals surface area contributed by atoms with Crippen molar-refractivity contribution in [2.75, 3.05) is 31.6 Å². The molecule has 4 rings (SSSR count). The smallest absolute Gasteiger partial charge is 0.253 e. The molecule has 2 aliphatic rings. The highest BCUT2D eigenvalue weighted by atomic mass is 16.6. The van der Waals surface area contributed by atoms with Gasteiger partial charge < -0.3 is 19.7 Å². The fourth-order valence-electron chi connectivity index (χ4n) is 3.37. The average molecular weight is 338 g/mol. The van der Waals surface area contributed by atoms with Gasteiger partial charge in [-0.2, -0.15) is 0 Å². The zero-order chi connectivity index (χ0) is 17.2. The van der Waals surface area contributed by atoms with E-state index in [1.165, 1.54) is 5.56 Å². The van der Waals surface area contributed by atoms with E-state index in [0.717, 1.165) is 35.7 Å². The van der Waals surface area contributed by atoms with Crippen molar-refractivity contribution < 1.29 is 14.3 Å². The van der Waals surface area contributed by atoms with Gasteiger partial charge in [0.25, 0.3) is 5.91 Å². The SMILES string of the molecule is CCN(CC1COc2ccccc2O1)C(=O)c1ccc2c(c1)CCN2. The van der Waals surface area contributed by atoms with Gasteiger partial charge in [-0.3, -0.25) is 4.79 Å². The molecule has 0 radical (unpaired) electrons. The van der Waals surface area contributed by atoms with Crippen molar-refractivity contribution in [2.45, 2.75) is 19.4 Å². The summed E-state index contributed by atoms with van der Waals surface area (Å²) in [6.07, 6.45) is 0.814. The van der Waals surface area contributed by atoms with Gasteiger partial charge in [-0.1, -0.05) is 12.1 Å². The molecule has 0 spiro atoms. The first kappa shape index (κ1) is 15.8. The molecule has 5 nitrogen and oxygen atoms in total. The van der Waals surface area contributed by atoms with Gasteiger partial charge in [0.2, 0.25) is 0 Å². The number of rotatable bonds is 4. The van der Waals surface area contributed by atoms with Gasteiger partial charge in [0.05, 0.1) is 6.54 Å². The number of amides is 1. The van der Waals surface area contributed by atoms with Crippen LogP contribution in [-0.2, 0) is 6.42 Å². The number of para-hydroxylation sites is 2. The Morgan fingerprint density at radius 2 is 2.08 bits per heavy atom. The fourth-order valence-corrected chi connectivity index (χ4v) is 3.37. The molecule has 1 atom stereocenters. The maximum Gasteiger partial charge on any atom is 0.253 e. The summed E-state index contributed by atoms with van der Waals surface area (Å²) in [6.45, 7) is 4.53.